The molecular formula is C14H27NO2. The Kier molecular flexibility index (Phi) is 4.45. The number of likely N-dealkylation sites (tertiary alicyclic amines) is 1. The molecular weight excluding hydrogens is 214 g/mol. The van der Waals surface area contributed by atoms with Gasteiger partial charge in [-0.15, -0.1) is 0 Å². The number of aliphatic hydroxyl groups is 2. The van der Waals surface area contributed by atoms with E-state index in [1.54, 1.807) is 0 Å². The zero-order valence-corrected chi connectivity index (χ0v) is 11.1. The first-order valence-corrected chi connectivity index (χ1v) is 7.24. The molecule has 1 aliphatic heterocycles. The van der Waals surface area contributed by atoms with Gasteiger partial charge in [-0.1, -0.05) is 19.3 Å². The molecule has 0 radical (unpaired) electrons. The van der Waals surface area contributed by atoms with E-state index in [9.17, 15) is 10.2 Å². The van der Waals surface area contributed by atoms with Gasteiger partial charge in [0.15, 0.2) is 0 Å². The van der Waals surface area contributed by atoms with Gasteiger partial charge in [0, 0.05) is 12.6 Å². The lowest BCUT2D eigenvalue weighted by atomic mass is 9.84. The van der Waals surface area contributed by atoms with Crippen molar-refractivity contribution in [3.8, 4) is 0 Å². The van der Waals surface area contributed by atoms with Gasteiger partial charge in [0.25, 0.3) is 0 Å². The van der Waals surface area contributed by atoms with Crippen molar-refractivity contribution in [3.63, 3.8) is 0 Å². The van der Waals surface area contributed by atoms with Gasteiger partial charge < -0.3 is 10.2 Å². The average molecular weight is 241 g/mol. The molecule has 0 amide bonds. The van der Waals surface area contributed by atoms with E-state index < -0.39 is 5.60 Å². The summed E-state index contributed by atoms with van der Waals surface area (Å²) < 4.78 is 0. The normalized spacial score (nSPS) is 31.6. The van der Waals surface area contributed by atoms with Gasteiger partial charge in [-0.05, 0) is 45.6 Å². The smallest absolute Gasteiger partial charge is 0.0774 e. The molecule has 2 aliphatic rings. The first kappa shape index (κ1) is 13.3. The minimum atomic E-state index is -0.445. The average Bonchev–Trinajstić information content (AvgIpc) is 2.65. The van der Waals surface area contributed by atoms with Crippen LogP contribution in [0.5, 0.6) is 0 Å². The number of β-amino-alcohol motifs (C(OH)–C–C–N with tert-alkyl or cyclic N) is 1. The highest BCUT2D eigenvalue weighted by molar-refractivity contribution is 4.90. The summed E-state index contributed by atoms with van der Waals surface area (Å²) in [5.74, 6) is 0. The predicted octanol–water partition coefficient (Wildman–Crippen LogP) is 1.92. The number of hydrogen-bond acceptors (Lipinski definition) is 3. The van der Waals surface area contributed by atoms with Crippen molar-refractivity contribution >= 4 is 0 Å². The van der Waals surface area contributed by atoms with Crippen LogP contribution in [0, 0.1) is 0 Å². The van der Waals surface area contributed by atoms with Crippen molar-refractivity contribution in [2.75, 3.05) is 13.1 Å². The third-order valence-corrected chi connectivity index (χ3v) is 4.39. The number of nitrogens with zero attached hydrogens (tertiary/aromatic N) is 1. The van der Waals surface area contributed by atoms with E-state index in [1.807, 2.05) is 6.92 Å². The zero-order valence-electron chi connectivity index (χ0n) is 11.1. The number of hydrogen-bond donors (Lipinski definition) is 2. The van der Waals surface area contributed by atoms with E-state index in [0.717, 1.165) is 32.4 Å². The Morgan fingerprint density at radius 2 is 1.94 bits per heavy atom. The van der Waals surface area contributed by atoms with Gasteiger partial charge in [0.1, 0.15) is 0 Å². The first-order chi connectivity index (χ1) is 8.09. The Morgan fingerprint density at radius 1 is 1.24 bits per heavy atom. The molecule has 1 saturated carbocycles. The maximum absolute atomic E-state index is 10.6. The van der Waals surface area contributed by atoms with Crippen molar-refractivity contribution in [1.29, 1.82) is 0 Å². The van der Waals surface area contributed by atoms with Crippen LogP contribution in [0.3, 0.4) is 0 Å². The second-order valence-corrected chi connectivity index (χ2v) is 6.14. The highest BCUT2D eigenvalue weighted by Gasteiger charge is 2.35. The summed E-state index contributed by atoms with van der Waals surface area (Å²) in [6.45, 7) is 3.79. The Balaban J connectivity index is 1.88. The molecule has 100 valence electrons. The van der Waals surface area contributed by atoms with E-state index in [-0.39, 0.29) is 6.10 Å². The van der Waals surface area contributed by atoms with Gasteiger partial charge in [0.05, 0.1) is 11.7 Å². The van der Waals surface area contributed by atoms with Gasteiger partial charge in [-0.2, -0.15) is 0 Å². The van der Waals surface area contributed by atoms with Crippen LogP contribution in [0.25, 0.3) is 0 Å². The maximum atomic E-state index is 10.6. The summed E-state index contributed by atoms with van der Waals surface area (Å²) in [7, 11) is 0. The zero-order chi connectivity index (χ0) is 12.3. The highest BCUT2D eigenvalue weighted by atomic mass is 16.3. The van der Waals surface area contributed by atoms with Crippen LogP contribution in [-0.4, -0.2) is 45.9 Å². The fraction of sp³-hybridized carbons (Fsp3) is 1.00. The molecule has 0 aromatic carbocycles. The molecule has 2 fully saturated rings. The molecule has 2 atom stereocenters. The largest absolute Gasteiger partial charge is 0.393 e. The summed E-state index contributed by atoms with van der Waals surface area (Å²) in [5, 5.41) is 20.1. The summed E-state index contributed by atoms with van der Waals surface area (Å²) in [6, 6.07) is 0.487. The van der Waals surface area contributed by atoms with Crippen LogP contribution in [-0.2, 0) is 0 Å². The van der Waals surface area contributed by atoms with E-state index in [4.69, 9.17) is 0 Å². The van der Waals surface area contributed by atoms with E-state index in [1.165, 1.54) is 32.1 Å². The van der Waals surface area contributed by atoms with Gasteiger partial charge in [-0.25, -0.2) is 0 Å². The second-order valence-electron chi connectivity index (χ2n) is 6.14. The molecule has 0 aromatic heterocycles. The Morgan fingerprint density at radius 3 is 2.59 bits per heavy atom. The van der Waals surface area contributed by atoms with Crippen molar-refractivity contribution in [2.24, 2.45) is 0 Å². The third-order valence-electron chi connectivity index (χ3n) is 4.39. The lowest BCUT2D eigenvalue weighted by molar-refractivity contribution is -0.0323. The molecule has 0 aromatic rings. The first-order valence-electron chi connectivity index (χ1n) is 7.24. The number of aliphatic hydroxyl groups excluding tert-OH is 1. The molecule has 1 saturated heterocycles. The van der Waals surface area contributed by atoms with Crippen molar-refractivity contribution in [1.82, 2.24) is 4.90 Å². The van der Waals surface area contributed by atoms with E-state index in [0.29, 0.717) is 6.04 Å². The highest BCUT2D eigenvalue weighted by Crippen LogP contribution is 2.32. The Bertz CT molecular complexity index is 236. The topological polar surface area (TPSA) is 43.7 Å². The predicted molar refractivity (Wildman–Crippen MR) is 68.9 cm³/mol. The summed E-state index contributed by atoms with van der Waals surface area (Å²) in [4.78, 5) is 2.41. The van der Waals surface area contributed by atoms with E-state index in [2.05, 4.69) is 4.90 Å². The Hall–Kier alpha value is -0.120. The minimum absolute atomic E-state index is 0.221. The SMILES string of the molecule is CC(O)CC1CCCN1CC1(O)CCCCC1. The fourth-order valence-electron chi connectivity index (χ4n) is 3.51. The van der Waals surface area contributed by atoms with Gasteiger partial charge in [-0.3, -0.25) is 4.90 Å². The van der Waals surface area contributed by atoms with E-state index >= 15 is 0 Å². The quantitative estimate of drug-likeness (QED) is 0.790. The molecule has 2 N–H and O–H groups in total. The maximum Gasteiger partial charge on any atom is 0.0774 e. The standard InChI is InChI=1S/C14H27NO2/c1-12(16)10-13-6-5-9-15(13)11-14(17)7-3-2-4-8-14/h12-13,16-17H,2-11H2,1H3. The fourth-order valence-corrected chi connectivity index (χ4v) is 3.51. The van der Waals surface area contributed by atoms with Crippen LogP contribution >= 0.6 is 0 Å². The number of rotatable bonds is 4. The van der Waals surface area contributed by atoms with Crippen LogP contribution in [0.15, 0.2) is 0 Å². The second kappa shape index (κ2) is 5.68. The lowest BCUT2D eigenvalue weighted by Gasteiger charge is -2.38. The summed E-state index contributed by atoms with van der Waals surface area (Å²) in [6.07, 6.45) is 8.58. The Labute approximate surface area is 105 Å². The molecule has 2 unspecified atom stereocenters. The molecule has 3 nitrogen and oxygen atoms in total. The molecule has 1 aliphatic carbocycles. The van der Waals surface area contributed by atoms with Crippen molar-refractivity contribution in [3.05, 3.63) is 0 Å². The van der Waals surface area contributed by atoms with Crippen molar-refractivity contribution < 1.29 is 10.2 Å². The summed E-state index contributed by atoms with van der Waals surface area (Å²) in [5.41, 5.74) is -0.445. The van der Waals surface area contributed by atoms with Crippen LogP contribution in [0.1, 0.15) is 58.3 Å². The molecule has 0 spiro atoms. The molecule has 3 heteroatoms. The van der Waals surface area contributed by atoms with Gasteiger partial charge in [0.2, 0.25) is 0 Å². The minimum Gasteiger partial charge on any atom is -0.393 e. The van der Waals surface area contributed by atoms with Gasteiger partial charge >= 0.3 is 0 Å². The summed E-state index contributed by atoms with van der Waals surface area (Å²) >= 11 is 0. The lowest BCUT2D eigenvalue weighted by Crippen LogP contribution is -2.46. The van der Waals surface area contributed by atoms with Crippen LogP contribution < -0.4 is 0 Å². The molecule has 0 bridgehead atoms. The molecule has 1 heterocycles. The van der Waals surface area contributed by atoms with Crippen LogP contribution in [0.2, 0.25) is 0 Å². The monoisotopic (exact) mass is 241 g/mol. The molecule has 2 rings (SSSR count). The van der Waals surface area contributed by atoms with Crippen LogP contribution in [0.4, 0.5) is 0 Å². The third kappa shape index (κ3) is 3.67. The van der Waals surface area contributed by atoms with Crippen molar-refractivity contribution in [2.45, 2.75) is 76.0 Å². The molecule has 17 heavy (non-hydrogen) atoms.